The van der Waals surface area contributed by atoms with E-state index in [1.54, 1.807) is 4.68 Å². The Hall–Kier alpha value is -3.03. The minimum Gasteiger partial charge on any atom is -0.454 e. The van der Waals surface area contributed by atoms with E-state index in [1.165, 1.54) is 0 Å². The van der Waals surface area contributed by atoms with Gasteiger partial charge in [-0.1, -0.05) is 6.07 Å². The van der Waals surface area contributed by atoms with Gasteiger partial charge < -0.3 is 20.1 Å². The van der Waals surface area contributed by atoms with Gasteiger partial charge in [-0.25, -0.2) is 0 Å². The molecular weight excluding hydrogens is 384 g/mol. The molecule has 2 aromatic rings. The van der Waals surface area contributed by atoms with E-state index in [1.807, 2.05) is 37.4 Å². The van der Waals surface area contributed by atoms with Gasteiger partial charge >= 0.3 is 0 Å². The van der Waals surface area contributed by atoms with Gasteiger partial charge in [0.15, 0.2) is 11.5 Å². The predicted molar refractivity (Wildman–Crippen MR) is 110 cm³/mol. The highest BCUT2D eigenvalue weighted by Crippen LogP contribution is 2.32. The number of aromatic nitrogens is 2. The minimum absolute atomic E-state index is 0.0140. The third kappa shape index (κ3) is 5.31. The molecule has 2 amide bonds. The largest absolute Gasteiger partial charge is 0.454 e. The third-order valence-corrected chi connectivity index (χ3v) is 5.55. The van der Waals surface area contributed by atoms with E-state index in [9.17, 15) is 9.59 Å². The highest BCUT2D eigenvalue weighted by atomic mass is 16.7. The Morgan fingerprint density at radius 2 is 1.87 bits per heavy atom. The third-order valence-electron chi connectivity index (χ3n) is 5.55. The molecule has 8 heteroatoms. The van der Waals surface area contributed by atoms with Gasteiger partial charge in [-0.2, -0.15) is 5.10 Å². The summed E-state index contributed by atoms with van der Waals surface area (Å²) in [5.41, 5.74) is 1.84. The molecule has 8 nitrogen and oxygen atoms in total. The molecule has 4 rings (SSSR count). The van der Waals surface area contributed by atoms with Crippen LogP contribution in [0.4, 0.5) is 0 Å². The van der Waals surface area contributed by atoms with E-state index in [2.05, 4.69) is 15.7 Å². The molecular formula is C22H28N4O4. The lowest BCUT2D eigenvalue weighted by Crippen LogP contribution is -2.46. The van der Waals surface area contributed by atoms with E-state index < -0.39 is 0 Å². The molecule has 1 aromatic carbocycles. The van der Waals surface area contributed by atoms with E-state index in [4.69, 9.17) is 9.47 Å². The number of ether oxygens (including phenoxy) is 2. The van der Waals surface area contributed by atoms with Crippen molar-refractivity contribution in [2.24, 2.45) is 0 Å². The van der Waals surface area contributed by atoms with Crippen molar-refractivity contribution in [2.75, 3.05) is 6.79 Å². The SMILES string of the molecule is Cc1ccn(CCC(=O)N[C@@H]2CCC[C@@H](NC(=O)Cc3ccc4c(c3)OCO4)C2)n1. The molecule has 0 spiro atoms. The van der Waals surface area contributed by atoms with Crippen molar-refractivity contribution in [1.82, 2.24) is 20.4 Å². The molecule has 160 valence electrons. The first-order valence-corrected chi connectivity index (χ1v) is 10.5. The lowest BCUT2D eigenvalue weighted by molar-refractivity contribution is -0.122. The summed E-state index contributed by atoms with van der Waals surface area (Å²) < 4.78 is 12.5. The maximum Gasteiger partial charge on any atom is 0.231 e. The second kappa shape index (κ2) is 9.19. The van der Waals surface area contributed by atoms with E-state index in [0.29, 0.717) is 30.9 Å². The fourth-order valence-electron chi connectivity index (χ4n) is 4.07. The highest BCUT2D eigenvalue weighted by Gasteiger charge is 2.24. The summed E-state index contributed by atoms with van der Waals surface area (Å²) in [7, 11) is 0. The monoisotopic (exact) mass is 412 g/mol. The summed E-state index contributed by atoms with van der Waals surface area (Å²) >= 11 is 0. The van der Waals surface area contributed by atoms with Gasteiger partial charge in [0, 0.05) is 31.2 Å². The molecule has 1 aromatic heterocycles. The van der Waals surface area contributed by atoms with Crippen molar-refractivity contribution in [3.8, 4) is 11.5 Å². The van der Waals surface area contributed by atoms with Crippen molar-refractivity contribution in [3.63, 3.8) is 0 Å². The maximum atomic E-state index is 12.5. The number of fused-ring (bicyclic) bond motifs is 1. The van der Waals surface area contributed by atoms with Crippen molar-refractivity contribution >= 4 is 11.8 Å². The van der Waals surface area contributed by atoms with Gasteiger partial charge in [0.05, 0.1) is 12.1 Å². The topological polar surface area (TPSA) is 94.5 Å². The number of amides is 2. The van der Waals surface area contributed by atoms with E-state index in [0.717, 1.165) is 36.9 Å². The average Bonchev–Trinajstić information content (AvgIpc) is 3.34. The van der Waals surface area contributed by atoms with Crippen LogP contribution < -0.4 is 20.1 Å². The first kappa shape index (κ1) is 20.3. The number of hydrogen-bond donors (Lipinski definition) is 2. The first-order chi connectivity index (χ1) is 14.5. The molecule has 1 aliphatic carbocycles. The van der Waals surface area contributed by atoms with Crippen LogP contribution in [0.2, 0.25) is 0 Å². The molecule has 1 fully saturated rings. The van der Waals surface area contributed by atoms with Crippen LogP contribution >= 0.6 is 0 Å². The lowest BCUT2D eigenvalue weighted by Gasteiger charge is -2.30. The molecule has 0 saturated heterocycles. The number of aryl methyl sites for hydroxylation is 2. The zero-order valence-corrected chi connectivity index (χ0v) is 17.2. The fourth-order valence-corrected chi connectivity index (χ4v) is 4.07. The molecule has 2 aliphatic rings. The van der Waals surface area contributed by atoms with Crippen LogP contribution in [0.5, 0.6) is 11.5 Å². The van der Waals surface area contributed by atoms with Gasteiger partial charge in [0.25, 0.3) is 0 Å². The number of carbonyl (C=O) groups is 2. The molecule has 1 saturated carbocycles. The smallest absolute Gasteiger partial charge is 0.231 e. The second-order valence-electron chi connectivity index (χ2n) is 8.03. The van der Waals surface area contributed by atoms with Crippen LogP contribution in [0, 0.1) is 6.92 Å². The van der Waals surface area contributed by atoms with Crippen LogP contribution in [-0.4, -0.2) is 40.5 Å². The standard InChI is InChI=1S/C22H28N4O4/c1-15-7-9-26(25-15)10-8-21(27)23-17-3-2-4-18(13-17)24-22(28)12-16-5-6-19-20(11-16)30-14-29-19/h5-7,9,11,17-18H,2-4,8,10,12-14H2,1H3,(H,23,27)(H,24,28)/t17-,18-/m1/s1. The van der Waals surface area contributed by atoms with Gasteiger partial charge in [-0.15, -0.1) is 0 Å². The van der Waals surface area contributed by atoms with Crippen LogP contribution in [0.3, 0.4) is 0 Å². The highest BCUT2D eigenvalue weighted by molar-refractivity contribution is 5.79. The Morgan fingerprint density at radius 1 is 1.10 bits per heavy atom. The summed E-state index contributed by atoms with van der Waals surface area (Å²) in [6.45, 7) is 2.73. The summed E-state index contributed by atoms with van der Waals surface area (Å²) in [6, 6.07) is 7.68. The summed E-state index contributed by atoms with van der Waals surface area (Å²) in [5.74, 6) is 1.42. The zero-order chi connectivity index (χ0) is 20.9. The Bertz CT molecular complexity index is 910. The van der Waals surface area contributed by atoms with Gasteiger partial charge in [0.2, 0.25) is 18.6 Å². The number of rotatable bonds is 7. The van der Waals surface area contributed by atoms with E-state index in [-0.39, 0.29) is 30.7 Å². The Morgan fingerprint density at radius 3 is 2.63 bits per heavy atom. The van der Waals surface area contributed by atoms with Crippen LogP contribution in [-0.2, 0) is 22.6 Å². The zero-order valence-electron chi connectivity index (χ0n) is 17.2. The molecule has 2 N–H and O–H groups in total. The Labute approximate surface area is 175 Å². The maximum absolute atomic E-state index is 12.5. The number of nitrogens with zero attached hydrogens (tertiary/aromatic N) is 2. The van der Waals surface area contributed by atoms with Gasteiger partial charge in [-0.05, 0) is 56.4 Å². The number of hydrogen-bond acceptors (Lipinski definition) is 5. The molecule has 2 atom stereocenters. The molecule has 30 heavy (non-hydrogen) atoms. The number of carbonyl (C=O) groups excluding carboxylic acids is 2. The van der Waals surface area contributed by atoms with Crippen molar-refractivity contribution in [1.29, 1.82) is 0 Å². The minimum atomic E-state index is -0.0140. The van der Waals surface area contributed by atoms with Crippen molar-refractivity contribution < 1.29 is 19.1 Å². The summed E-state index contributed by atoms with van der Waals surface area (Å²) in [4.78, 5) is 24.8. The van der Waals surface area contributed by atoms with Crippen molar-refractivity contribution in [3.05, 3.63) is 41.7 Å². The summed E-state index contributed by atoms with van der Waals surface area (Å²) in [6.07, 6.45) is 6.21. The quantitative estimate of drug-likeness (QED) is 0.726. The Balaban J connectivity index is 1.21. The second-order valence-corrected chi connectivity index (χ2v) is 8.03. The molecule has 1 aliphatic heterocycles. The molecule has 0 unspecified atom stereocenters. The molecule has 0 bridgehead atoms. The van der Waals surface area contributed by atoms with Gasteiger partial charge in [0.1, 0.15) is 0 Å². The van der Waals surface area contributed by atoms with Crippen molar-refractivity contribution in [2.45, 2.75) is 64.1 Å². The fraction of sp³-hybridized carbons (Fsp3) is 0.500. The molecule has 2 heterocycles. The van der Waals surface area contributed by atoms with Gasteiger partial charge in [-0.3, -0.25) is 14.3 Å². The normalized spacial score (nSPS) is 20.0. The lowest BCUT2D eigenvalue weighted by atomic mass is 9.90. The average molecular weight is 412 g/mol. The predicted octanol–water partition coefficient (Wildman–Crippen LogP) is 2.10. The number of benzene rings is 1. The van der Waals surface area contributed by atoms with E-state index >= 15 is 0 Å². The summed E-state index contributed by atoms with van der Waals surface area (Å²) in [5, 5.41) is 10.5. The Kier molecular flexibility index (Phi) is 6.21. The number of nitrogens with one attached hydrogen (secondary N) is 2. The van der Waals surface area contributed by atoms with Crippen LogP contribution in [0.15, 0.2) is 30.5 Å². The van der Waals surface area contributed by atoms with Crippen LogP contribution in [0.1, 0.15) is 43.4 Å². The van der Waals surface area contributed by atoms with Crippen LogP contribution in [0.25, 0.3) is 0 Å². The first-order valence-electron chi connectivity index (χ1n) is 10.5. The molecule has 0 radical (unpaired) electrons.